The van der Waals surface area contributed by atoms with E-state index in [-0.39, 0.29) is 5.91 Å². The van der Waals surface area contributed by atoms with Gasteiger partial charge in [-0.2, -0.15) is 0 Å². The molecule has 2 aromatic carbocycles. The van der Waals surface area contributed by atoms with E-state index >= 15 is 0 Å². The van der Waals surface area contributed by atoms with Crippen LogP contribution in [-0.2, 0) is 4.79 Å². The van der Waals surface area contributed by atoms with E-state index in [0.717, 1.165) is 11.3 Å². The summed E-state index contributed by atoms with van der Waals surface area (Å²) in [4.78, 5) is 12.6. The Kier molecular flexibility index (Phi) is 6.58. The average Bonchev–Trinajstić information content (AvgIpc) is 2.63. The predicted octanol–water partition coefficient (Wildman–Crippen LogP) is 4.11. The van der Waals surface area contributed by atoms with Gasteiger partial charge >= 0.3 is 0 Å². The van der Waals surface area contributed by atoms with Gasteiger partial charge in [0.2, 0.25) is 5.91 Å². The molecule has 0 spiro atoms. The highest BCUT2D eigenvalue weighted by atomic mass is 35.5. The zero-order chi connectivity index (χ0) is 19.3. The van der Waals surface area contributed by atoms with Gasteiger partial charge in [-0.15, -0.1) is 0 Å². The fraction of sp³-hybridized carbons (Fsp3) is 0.316. The highest BCUT2D eigenvalue weighted by molar-refractivity contribution is 6.31. The molecule has 0 bridgehead atoms. The van der Waals surface area contributed by atoms with Crippen LogP contribution in [0.1, 0.15) is 12.5 Å². The molecular formula is C19H23ClN2O4. The van der Waals surface area contributed by atoms with E-state index in [2.05, 4.69) is 10.6 Å². The number of aryl methyl sites for hydroxylation is 1. The first kappa shape index (κ1) is 19.7. The van der Waals surface area contributed by atoms with E-state index < -0.39 is 6.04 Å². The van der Waals surface area contributed by atoms with E-state index in [1.807, 2.05) is 13.0 Å². The molecule has 0 fully saturated rings. The zero-order valence-electron chi connectivity index (χ0n) is 15.5. The minimum Gasteiger partial charge on any atom is -0.495 e. The van der Waals surface area contributed by atoms with Crippen molar-refractivity contribution in [1.29, 1.82) is 0 Å². The molecule has 140 valence electrons. The van der Waals surface area contributed by atoms with Crippen molar-refractivity contribution in [2.45, 2.75) is 19.9 Å². The molecule has 2 rings (SSSR count). The Morgan fingerprint density at radius 1 is 0.962 bits per heavy atom. The summed E-state index contributed by atoms with van der Waals surface area (Å²) in [7, 11) is 4.69. The summed E-state index contributed by atoms with van der Waals surface area (Å²) in [5.74, 6) is 1.54. The quantitative estimate of drug-likeness (QED) is 0.758. The summed E-state index contributed by atoms with van der Waals surface area (Å²) < 4.78 is 15.8. The van der Waals surface area contributed by atoms with Crippen LogP contribution in [0.5, 0.6) is 17.2 Å². The van der Waals surface area contributed by atoms with Crippen LogP contribution in [0.25, 0.3) is 0 Å². The Labute approximate surface area is 158 Å². The molecule has 6 nitrogen and oxygen atoms in total. The van der Waals surface area contributed by atoms with Gasteiger partial charge in [0.1, 0.15) is 11.8 Å². The molecule has 1 amide bonds. The summed E-state index contributed by atoms with van der Waals surface area (Å²) in [5.41, 5.74) is 2.23. The third-order valence-corrected chi connectivity index (χ3v) is 4.15. The molecule has 0 aliphatic rings. The minimum absolute atomic E-state index is 0.222. The van der Waals surface area contributed by atoms with Crippen molar-refractivity contribution < 1.29 is 19.0 Å². The number of anilines is 2. The Balaban J connectivity index is 2.16. The SMILES string of the molecule is COc1ccc(Cl)cc1NC(=O)[C@H](C)Nc1cc(OC)c(OC)cc1C. The van der Waals surface area contributed by atoms with Crippen LogP contribution in [0.3, 0.4) is 0 Å². The van der Waals surface area contributed by atoms with Gasteiger partial charge in [0, 0.05) is 16.8 Å². The van der Waals surface area contributed by atoms with Crippen LogP contribution in [0.2, 0.25) is 5.02 Å². The van der Waals surface area contributed by atoms with Crippen LogP contribution in [0, 0.1) is 6.92 Å². The number of benzene rings is 2. The van der Waals surface area contributed by atoms with E-state index in [1.165, 1.54) is 7.11 Å². The fourth-order valence-corrected chi connectivity index (χ4v) is 2.63. The largest absolute Gasteiger partial charge is 0.495 e. The first-order chi connectivity index (χ1) is 12.4. The zero-order valence-corrected chi connectivity index (χ0v) is 16.2. The maximum absolute atomic E-state index is 12.6. The summed E-state index contributed by atoms with van der Waals surface area (Å²) in [6, 6.07) is 8.20. The molecule has 0 saturated heterocycles. The number of amides is 1. The number of ether oxygens (including phenoxy) is 3. The topological polar surface area (TPSA) is 68.8 Å². The molecule has 7 heteroatoms. The summed E-state index contributed by atoms with van der Waals surface area (Å²) >= 11 is 6.00. The van der Waals surface area contributed by atoms with Crippen molar-refractivity contribution in [3.8, 4) is 17.2 Å². The third kappa shape index (κ3) is 4.52. The molecule has 0 unspecified atom stereocenters. The highest BCUT2D eigenvalue weighted by Crippen LogP contribution is 2.33. The number of nitrogens with one attached hydrogen (secondary N) is 2. The van der Waals surface area contributed by atoms with Gasteiger partial charge in [-0.25, -0.2) is 0 Å². The predicted molar refractivity (Wildman–Crippen MR) is 104 cm³/mol. The van der Waals surface area contributed by atoms with Crippen molar-refractivity contribution in [3.05, 3.63) is 40.9 Å². The lowest BCUT2D eigenvalue weighted by atomic mass is 10.1. The normalized spacial score (nSPS) is 11.5. The fourth-order valence-electron chi connectivity index (χ4n) is 2.45. The van der Waals surface area contributed by atoms with Gasteiger partial charge in [0.25, 0.3) is 0 Å². The van der Waals surface area contributed by atoms with Crippen LogP contribution in [0.15, 0.2) is 30.3 Å². The van der Waals surface area contributed by atoms with Crippen LogP contribution >= 0.6 is 11.6 Å². The van der Waals surface area contributed by atoms with Crippen molar-refractivity contribution >= 4 is 28.9 Å². The number of hydrogen-bond donors (Lipinski definition) is 2. The Bertz CT molecular complexity index is 795. The maximum atomic E-state index is 12.6. The molecule has 0 aliphatic carbocycles. The molecule has 0 aliphatic heterocycles. The number of methoxy groups -OCH3 is 3. The van der Waals surface area contributed by atoms with Gasteiger partial charge in [-0.3, -0.25) is 4.79 Å². The number of carbonyl (C=O) groups is 1. The lowest BCUT2D eigenvalue weighted by Gasteiger charge is -2.19. The van der Waals surface area contributed by atoms with Crippen LogP contribution in [-0.4, -0.2) is 33.3 Å². The molecule has 26 heavy (non-hydrogen) atoms. The van der Waals surface area contributed by atoms with Gasteiger partial charge in [0.05, 0.1) is 27.0 Å². The van der Waals surface area contributed by atoms with Crippen LogP contribution in [0.4, 0.5) is 11.4 Å². The number of halogens is 1. The van der Waals surface area contributed by atoms with Crippen molar-refractivity contribution in [2.75, 3.05) is 32.0 Å². The molecule has 0 heterocycles. The van der Waals surface area contributed by atoms with Crippen molar-refractivity contribution in [1.82, 2.24) is 0 Å². The van der Waals surface area contributed by atoms with E-state index in [1.54, 1.807) is 45.4 Å². The lowest BCUT2D eigenvalue weighted by Crippen LogP contribution is -2.32. The van der Waals surface area contributed by atoms with E-state index in [0.29, 0.717) is 28.0 Å². The van der Waals surface area contributed by atoms with E-state index in [4.69, 9.17) is 25.8 Å². The minimum atomic E-state index is -0.504. The monoisotopic (exact) mass is 378 g/mol. The standard InChI is InChI=1S/C19H23ClN2O4/c1-11-8-17(25-4)18(26-5)10-14(11)21-12(2)19(23)22-15-9-13(20)6-7-16(15)24-3/h6-10,12,21H,1-5H3,(H,22,23)/t12-/m0/s1. The number of rotatable bonds is 7. The van der Waals surface area contributed by atoms with Crippen LogP contribution < -0.4 is 24.8 Å². The summed E-state index contributed by atoms with van der Waals surface area (Å²) in [5, 5.41) is 6.52. The average molecular weight is 379 g/mol. The first-order valence-electron chi connectivity index (χ1n) is 8.03. The Hall–Kier alpha value is -2.60. The molecule has 0 aromatic heterocycles. The van der Waals surface area contributed by atoms with Crippen molar-refractivity contribution in [2.24, 2.45) is 0 Å². The first-order valence-corrected chi connectivity index (χ1v) is 8.41. The second-order valence-electron chi connectivity index (χ2n) is 5.72. The number of hydrogen-bond acceptors (Lipinski definition) is 5. The summed E-state index contributed by atoms with van der Waals surface area (Å²) in [6.07, 6.45) is 0. The molecule has 1 atom stereocenters. The second kappa shape index (κ2) is 8.67. The van der Waals surface area contributed by atoms with Gasteiger partial charge in [-0.05, 0) is 43.7 Å². The van der Waals surface area contributed by atoms with Crippen molar-refractivity contribution in [3.63, 3.8) is 0 Å². The molecule has 0 saturated carbocycles. The Morgan fingerprint density at radius 3 is 2.19 bits per heavy atom. The molecular weight excluding hydrogens is 356 g/mol. The molecule has 2 N–H and O–H groups in total. The second-order valence-corrected chi connectivity index (χ2v) is 6.16. The summed E-state index contributed by atoms with van der Waals surface area (Å²) in [6.45, 7) is 3.69. The Morgan fingerprint density at radius 2 is 1.58 bits per heavy atom. The number of carbonyl (C=O) groups excluding carboxylic acids is 1. The van der Waals surface area contributed by atoms with E-state index in [9.17, 15) is 4.79 Å². The molecule has 2 aromatic rings. The smallest absolute Gasteiger partial charge is 0.246 e. The van der Waals surface area contributed by atoms with Gasteiger partial charge in [-0.1, -0.05) is 11.6 Å². The maximum Gasteiger partial charge on any atom is 0.246 e. The lowest BCUT2D eigenvalue weighted by molar-refractivity contribution is -0.116. The van der Waals surface area contributed by atoms with Gasteiger partial charge in [0.15, 0.2) is 11.5 Å². The highest BCUT2D eigenvalue weighted by Gasteiger charge is 2.17. The third-order valence-electron chi connectivity index (χ3n) is 3.92. The van der Waals surface area contributed by atoms with Gasteiger partial charge < -0.3 is 24.8 Å². The molecule has 0 radical (unpaired) electrons.